The highest BCUT2D eigenvalue weighted by molar-refractivity contribution is 5.97. The van der Waals surface area contributed by atoms with E-state index in [4.69, 9.17) is 9.47 Å². The summed E-state index contributed by atoms with van der Waals surface area (Å²) in [5.41, 5.74) is 4.22. The fourth-order valence-electron chi connectivity index (χ4n) is 4.35. The molecule has 2 aromatic rings. The first-order chi connectivity index (χ1) is 14.5. The average molecular weight is 415 g/mol. The number of hydrogen-bond donors (Lipinski definition) is 1. The van der Waals surface area contributed by atoms with Crippen LogP contribution >= 0.6 is 0 Å². The lowest BCUT2D eigenvalue weighted by Gasteiger charge is -2.33. The molecule has 1 aliphatic heterocycles. The molecule has 3 rings (SSSR count). The van der Waals surface area contributed by atoms with Gasteiger partial charge in [0.15, 0.2) is 11.5 Å². The van der Waals surface area contributed by atoms with Crippen molar-refractivity contribution in [3.63, 3.8) is 0 Å². The van der Waals surface area contributed by atoms with E-state index >= 15 is 0 Å². The smallest absolute Gasteiger partial charge is 0.255 e. The molecule has 2 heterocycles. The van der Waals surface area contributed by atoms with E-state index in [2.05, 4.69) is 40.8 Å². The molecule has 1 atom stereocenters. The molecule has 1 saturated heterocycles. The van der Waals surface area contributed by atoms with Crippen molar-refractivity contribution in [3.8, 4) is 11.5 Å². The number of ether oxygens (including phenoxy) is 2. The number of likely N-dealkylation sites (tertiary alicyclic amines) is 1. The minimum atomic E-state index is -0.126. The van der Waals surface area contributed by atoms with Gasteiger partial charge in [0.05, 0.1) is 25.5 Å². The molecular weight excluding hydrogens is 380 g/mol. The van der Waals surface area contributed by atoms with Gasteiger partial charge in [-0.15, -0.1) is 0 Å². The zero-order valence-electron chi connectivity index (χ0n) is 18.8. The quantitative estimate of drug-likeness (QED) is 0.719. The minimum Gasteiger partial charge on any atom is -0.493 e. The number of aryl methyl sites for hydroxylation is 2. The first-order valence-electron chi connectivity index (χ1n) is 10.7. The third-order valence-electron chi connectivity index (χ3n) is 6.01. The summed E-state index contributed by atoms with van der Waals surface area (Å²) in [5, 5.41) is 7.75. The van der Waals surface area contributed by atoms with E-state index in [0.717, 1.165) is 44.7 Å². The molecule has 164 valence electrons. The number of benzene rings is 1. The van der Waals surface area contributed by atoms with Gasteiger partial charge in [0.25, 0.3) is 5.91 Å². The van der Waals surface area contributed by atoms with Crippen molar-refractivity contribution in [2.75, 3.05) is 33.9 Å². The van der Waals surface area contributed by atoms with Crippen LogP contribution in [-0.2, 0) is 13.1 Å². The second kappa shape index (κ2) is 9.98. The van der Waals surface area contributed by atoms with Crippen molar-refractivity contribution in [1.82, 2.24) is 20.0 Å². The third kappa shape index (κ3) is 4.78. The highest BCUT2D eigenvalue weighted by Gasteiger charge is 2.24. The Kier molecular flexibility index (Phi) is 7.37. The number of aromatic nitrogens is 2. The highest BCUT2D eigenvalue weighted by Crippen LogP contribution is 2.30. The van der Waals surface area contributed by atoms with Gasteiger partial charge in [0, 0.05) is 37.4 Å². The lowest BCUT2D eigenvalue weighted by Crippen LogP contribution is -2.40. The zero-order valence-corrected chi connectivity index (χ0v) is 18.8. The topological polar surface area (TPSA) is 68.6 Å². The molecule has 1 N–H and O–H groups in total. The molecule has 0 saturated carbocycles. The van der Waals surface area contributed by atoms with E-state index < -0.39 is 0 Å². The first kappa shape index (κ1) is 22.2. The van der Waals surface area contributed by atoms with Crippen LogP contribution in [0, 0.1) is 19.8 Å². The van der Waals surface area contributed by atoms with E-state index in [-0.39, 0.29) is 5.91 Å². The predicted octanol–water partition coefficient (Wildman–Crippen LogP) is 3.18. The van der Waals surface area contributed by atoms with Crippen LogP contribution in [0.4, 0.5) is 0 Å². The Bertz CT molecular complexity index is 878. The van der Waals surface area contributed by atoms with Crippen LogP contribution in [0.15, 0.2) is 18.2 Å². The molecule has 1 aromatic carbocycles. The Labute approximate surface area is 179 Å². The van der Waals surface area contributed by atoms with Crippen molar-refractivity contribution in [2.24, 2.45) is 5.92 Å². The van der Waals surface area contributed by atoms with Crippen molar-refractivity contribution in [1.29, 1.82) is 0 Å². The number of hydrogen-bond acceptors (Lipinski definition) is 5. The van der Waals surface area contributed by atoms with Gasteiger partial charge >= 0.3 is 0 Å². The molecule has 1 unspecified atom stereocenters. The van der Waals surface area contributed by atoms with Crippen molar-refractivity contribution in [2.45, 2.75) is 46.7 Å². The van der Waals surface area contributed by atoms with E-state index in [1.807, 2.05) is 0 Å². The predicted molar refractivity (Wildman–Crippen MR) is 117 cm³/mol. The number of rotatable bonds is 8. The Morgan fingerprint density at radius 3 is 2.73 bits per heavy atom. The summed E-state index contributed by atoms with van der Waals surface area (Å²) in [6.07, 6.45) is 2.27. The molecule has 1 aromatic heterocycles. The maximum absolute atomic E-state index is 12.8. The fraction of sp³-hybridized carbons (Fsp3) is 0.565. The van der Waals surface area contributed by atoms with Crippen LogP contribution in [0.5, 0.6) is 11.5 Å². The fourth-order valence-corrected chi connectivity index (χ4v) is 4.35. The summed E-state index contributed by atoms with van der Waals surface area (Å²) >= 11 is 0. The Balaban J connectivity index is 1.59. The van der Waals surface area contributed by atoms with Crippen LogP contribution in [0.3, 0.4) is 0 Å². The monoisotopic (exact) mass is 414 g/mol. The molecule has 7 heteroatoms. The van der Waals surface area contributed by atoms with Gasteiger partial charge in [0.2, 0.25) is 0 Å². The largest absolute Gasteiger partial charge is 0.493 e. The summed E-state index contributed by atoms with van der Waals surface area (Å²) in [7, 11) is 3.13. The van der Waals surface area contributed by atoms with Crippen molar-refractivity contribution >= 4 is 5.91 Å². The van der Waals surface area contributed by atoms with Crippen molar-refractivity contribution in [3.05, 3.63) is 40.7 Å². The maximum atomic E-state index is 12.8. The van der Waals surface area contributed by atoms with E-state index in [1.165, 1.54) is 11.3 Å². The number of carbonyl (C=O) groups excluding carboxylic acids is 1. The second-order valence-corrected chi connectivity index (χ2v) is 7.96. The Hall–Kier alpha value is -2.54. The third-order valence-corrected chi connectivity index (χ3v) is 6.01. The van der Waals surface area contributed by atoms with Crippen molar-refractivity contribution < 1.29 is 14.3 Å². The number of para-hydroxylation sites is 1. The molecule has 0 radical (unpaired) electrons. The Morgan fingerprint density at radius 2 is 2.07 bits per heavy atom. The van der Waals surface area contributed by atoms with E-state index in [0.29, 0.717) is 29.5 Å². The van der Waals surface area contributed by atoms with Crippen LogP contribution < -0.4 is 14.8 Å². The molecule has 30 heavy (non-hydrogen) atoms. The second-order valence-electron chi connectivity index (χ2n) is 7.96. The normalized spacial score (nSPS) is 17.0. The van der Waals surface area contributed by atoms with Crippen LogP contribution in [-0.4, -0.2) is 54.4 Å². The van der Waals surface area contributed by atoms with E-state index in [9.17, 15) is 4.79 Å². The SMILES string of the molecule is CCn1nc(C)c(CN2CCCC(CNC(=O)c3cccc(OC)c3OC)C2)c1C. The summed E-state index contributed by atoms with van der Waals surface area (Å²) in [6.45, 7) is 10.9. The lowest BCUT2D eigenvalue weighted by atomic mass is 9.97. The number of nitrogens with one attached hydrogen (secondary N) is 1. The summed E-state index contributed by atoms with van der Waals surface area (Å²) < 4.78 is 12.8. The standard InChI is InChI=1S/C23H34N4O3/c1-6-27-17(3)20(16(2)25-27)15-26-12-8-9-18(14-26)13-24-23(28)19-10-7-11-21(29-4)22(19)30-5/h7,10-11,18H,6,8-9,12-15H2,1-5H3,(H,24,28). The van der Waals surface area contributed by atoms with Crippen LogP contribution in [0.25, 0.3) is 0 Å². The average Bonchev–Trinajstić information content (AvgIpc) is 3.04. The van der Waals surface area contributed by atoms with Gasteiger partial charge in [-0.3, -0.25) is 14.4 Å². The molecule has 0 spiro atoms. The summed E-state index contributed by atoms with van der Waals surface area (Å²) in [4.78, 5) is 15.3. The lowest BCUT2D eigenvalue weighted by molar-refractivity contribution is 0.0927. The summed E-state index contributed by atoms with van der Waals surface area (Å²) in [5.74, 6) is 1.34. The number of methoxy groups -OCH3 is 2. The van der Waals surface area contributed by atoms with Gasteiger partial charge in [0.1, 0.15) is 0 Å². The molecule has 0 bridgehead atoms. The van der Waals surface area contributed by atoms with E-state index in [1.54, 1.807) is 32.4 Å². The number of piperidine rings is 1. The van der Waals surface area contributed by atoms with Crippen LogP contribution in [0.2, 0.25) is 0 Å². The number of nitrogens with zero attached hydrogens (tertiary/aromatic N) is 3. The molecule has 1 aliphatic rings. The molecule has 0 aliphatic carbocycles. The van der Waals surface area contributed by atoms with Gasteiger partial charge in [-0.2, -0.15) is 5.10 Å². The Morgan fingerprint density at radius 1 is 1.27 bits per heavy atom. The molecule has 1 fully saturated rings. The number of carbonyl (C=O) groups is 1. The van der Waals surface area contributed by atoms with Gasteiger partial charge in [-0.1, -0.05) is 6.07 Å². The summed E-state index contributed by atoms with van der Waals surface area (Å²) in [6, 6.07) is 5.36. The highest BCUT2D eigenvalue weighted by atomic mass is 16.5. The van der Waals surface area contributed by atoms with Gasteiger partial charge < -0.3 is 14.8 Å². The van der Waals surface area contributed by atoms with Gasteiger partial charge in [-0.25, -0.2) is 0 Å². The molecule has 7 nitrogen and oxygen atoms in total. The maximum Gasteiger partial charge on any atom is 0.255 e. The molecular formula is C23H34N4O3. The minimum absolute atomic E-state index is 0.126. The van der Waals surface area contributed by atoms with Crippen LogP contribution in [0.1, 0.15) is 47.1 Å². The number of amides is 1. The molecule has 1 amide bonds. The van der Waals surface area contributed by atoms with Gasteiger partial charge in [-0.05, 0) is 58.2 Å². The first-order valence-corrected chi connectivity index (χ1v) is 10.7. The zero-order chi connectivity index (χ0) is 21.7.